The first kappa shape index (κ1) is 24.7. The number of piperidine rings is 1. The van der Waals surface area contributed by atoms with Crippen LogP contribution in [0.1, 0.15) is 19.3 Å². The molecule has 1 aliphatic heterocycles. The number of hydrogen-bond donors (Lipinski definition) is 0. The van der Waals surface area contributed by atoms with Crippen LogP contribution in [0, 0.1) is 0 Å². The second-order valence-corrected chi connectivity index (χ2v) is 13.3. The van der Waals surface area contributed by atoms with E-state index in [0.29, 0.717) is 39.4 Å². The van der Waals surface area contributed by atoms with Crippen molar-refractivity contribution in [2.75, 3.05) is 18.0 Å². The van der Waals surface area contributed by atoms with Gasteiger partial charge in [0.15, 0.2) is 5.13 Å². The Balaban J connectivity index is 1.51. The third-order valence-corrected chi connectivity index (χ3v) is 10.8. The van der Waals surface area contributed by atoms with Crippen molar-refractivity contribution < 1.29 is 13.2 Å². The summed E-state index contributed by atoms with van der Waals surface area (Å²) in [7, 11) is -3.88. The highest BCUT2D eigenvalue weighted by Crippen LogP contribution is 2.36. The molecule has 1 aliphatic rings. The topological polar surface area (TPSA) is 88.4 Å². The highest BCUT2D eigenvalue weighted by molar-refractivity contribution is 7.91. The van der Waals surface area contributed by atoms with E-state index in [-0.39, 0.29) is 23.2 Å². The molecule has 0 N–H and O–H groups in total. The third-order valence-electron chi connectivity index (χ3n) is 5.82. The van der Waals surface area contributed by atoms with Crippen LogP contribution >= 0.6 is 45.9 Å². The largest absolute Gasteiger partial charge is 0.285 e. The zero-order chi connectivity index (χ0) is 24.6. The maximum absolute atomic E-state index is 14.0. The number of sulfonamides is 1. The lowest BCUT2D eigenvalue weighted by Gasteiger charge is -2.35. The van der Waals surface area contributed by atoms with Gasteiger partial charge in [-0.3, -0.25) is 14.4 Å². The molecule has 4 aromatic rings. The minimum absolute atomic E-state index is 0.136. The normalized spacial score (nSPS) is 17.1. The molecule has 1 saturated heterocycles. The quantitative estimate of drug-likeness (QED) is 0.307. The van der Waals surface area contributed by atoms with Crippen LogP contribution in [0.2, 0.25) is 9.36 Å². The number of amides is 1. The molecular weight excluding hydrogens is 549 g/mol. The highest BCUT2D eigenvalue weighted by Gasteiger charge is 2.41. The molecule has 1 amide bonds. The Bertz CT molecular complexity index is 1450. The summed E-state index contributed by atoms with van der Waals surface area (Å²) in [6, 6.07) is 9.51. The number of benzene rings is 1. The highest BCUT2D eigenvalue weighted by atomic mass is 35.5. The van der Waals surface area contributed by atoms with Gasteiger partial charge in [-0.15, -0.1) is 11.3 Å². The van der Waals surface area contributed by atoms with Gasteiger partial charge in [-0.25, -0.2) is 13.4 Å². The standard InChI is InChI=1S/C22H21Cl2N5O3S3/c23-15-5-3-7-17-20(15)26-22(33-17)28(14-13-27-11-4-10-25-27)21(30)16-6-1-2-12-29(16)35(31,32)19-9-8-18(24)34-19/h3-5,7-11,16H,1-2,6,12-14H2. The van der Waals surface area contributed by atoms with E-state index in [1.165, 1.54) is 21.7 Å². The Labute approximate surface area is 220 Å². The van der Waals surface area contributed by atoms with Gasteiger partial charge in [0.2, 0.25) is 5.91 Å². The SMILES string of the molecule is O=C(C1CCCCN1S(=O)(=O)c1ccc(Cl)s1)N(CCn1cccn1)c1nc2c(Cl)cccc2s1. The Morgan fingerprint density at radius 3 is 2.71 bits per heavy atom. The van der Waals surface area contributed by atoms with E-state index in [1.807, 2.05) is 24.4 Å². The number of thiazole rings is 1. The van der Waals surface area contributed by atoms with Gasteiger partial charge < -0.3 is 0 Å². The van der Waals surface area contributed by atoms with Gasteiger partial charge in [-0.05, 0) is 43.2 Å². The first-order valence-electron chi connectivity index (χ1n) is 11.0. The van der Waals surface area contributed by atoms with Crippen molar-refractivity contribution >= 4 is 77.2 Å². The number of halogens is 2. The molecule has 0 aliphatic carbocycles. The molecule has 0 radical (unpaired) electrons. The van der Waals surface area contributed by atoms with Gasteiger partial charge in [0.05, 0.1) is 20.6 Å². The molecule has 1 aromatic carbocycles. The van der Waals surface area contributed by atoms with E-state index in [0.717, 1.165) is 22.5 Å². The van der Waals surface area contributed by atoms with E-state index in [4.69, 9.17) is 23.2 Å². The zero-order valence-electron chi connectivity index (χ0n) is 18.4. The predicted molar refractivity (Wildman–Crippen MR) is 140 cm³/mol. The van der Waals surface area contributed by atoms with Gasteiger partial charge in [-0.1, -0.05) is 47.0 Å². The molecule has 0 saturated carbocycles. The average molecular weight is 571 g/mol. The summed E-state index contributed by atoms with van der Waals surface area (Å²) in [5, 5.41) is 5.21. The van der Waals surface area contributed by atoms with Crippen molar-refractivity contribution in [2.24, 2.45) is 0 Å². The van der Waals surface area contributed by atoms with E-state index in [1.54, 1.807) is 27.9 Å². The number of aromatic nitrogens is 3. The maximum Gasteiger partial charge on any atom is 0.253 e. The number of hydrogen-bond acceptors (Lipinski definition) is 7. The summed E-state index contributed by atoms with van der Waals surface area (Å²) in [5.41, 5.74) is 0.618. The van der Waals surface area contributed by atoms with Gasteiger partial charge in [0.1, 0.15) is 15.8 Å². The number of nitrogens with zero attached hydrogens (tertiary/aromatic N) is 5. The number of rotatable bonds is 7. The summed E-state index contributed by atoms with van der Waals surface area (Å²) in [6.45, 7) is 0.989. The molecule has 8 nitrogen and oxygen atoms in total. The summed E-state index contributed by atoms with van der Waals surface area (Å²) < 4.78 is 31.4. The van der Waals surface area contributed by atoms with E-state index in [2.05, 4.69) is 10.1 Å². The van der Waals surface area contributed by atoms with Gasteiger partial charge in [-0.2, -0.15) is 9.40 Å². The van der Waals surface area contributed by atoms with Crippen LogP contribution in [0.25, 0.3) is 10.2 Å². The average Bonchev–Trinajstić information content (AvgIpc) is 3.61. The number of anilines is 1. The van der Waals surface area contributed by atoms with Gasteiger partial charge in [0.25, 0.3) is 10.0 Å². The van der Waals surface area contributed by atoms with Crippen LogP contribution < -0.4 is 4.90 Å². The Morgan fingerprint density at radius 1 is 1.14 bits per heavy atom. The molecule has 1 fully saturated rings. The first-order chi connectivity index (χ1) is 16.8. The van der Waals surface area contributed by atoms with Gasteiger partial charge in [0, 0.05) is 25.5 Å². The number of carbonyl (C=O) groups is 1. The lowest BCUT2D eigenvalue weighted by Crippen LogP contribution is -2.53. The first-order valence-corrected chi connectivity index (χ1v) is 14.8. The second kappa shape index (κ2) is 10.2. The molecule has 4 heterocycles. The van der Waals surface area contributed by atoms with Crippen molar-refractivity contribution in [1.29, 1.82) is 0 Å². The van der Waals surface area contributed by atoms with Crippen molar-refractivity contribution in [1.82, 2.24) is 19.1 Å². The Morgan fingerprint density at radius 2 is 2.00 bits per heavy atom. The molecule has 35 heavy (non-hydrogen) atoms. The number of fused-ring (bicyclic) bond motifs is 1. The lowest BCUT2D eigenvalue weighted by molar-refractivity contribution is -0.123. The fraction of sp³-hybridized carbons (Fsp3) is 0.318. The molecule has 3 aromatic heterocycles. The third kappa shape index (κ3) is 4.98. The predicted octanol–water partition coefficient (Wildman–Crippen LogP) is 5.14. The van der Waals surface area contributed by atoms with Crippen LogP contribution in [0.4, 0.5) is 5.13 Å². The molecular formula is C22H21Cl2N5O3S3. The molecule has 184 valence electrons. The van der Waals surface area contributed by atoms with E-state index in [9.17, 15) is 13.2 Å². The number of carbonyl (C=O) groups excluding carboxylic acids is 1. The summed E-state index contributed by atoms with van der Waals surface area (Å²) in [4.78, 5) is 20.2. The summed E-state index contributed by atoms with van der Waals surface area (Å²) in [5.74, 6) is -0.307. The lowest BCUT2D eigenvalue weighted by atomic mass is 10.0. The Hall–Kier alpha value is -2.02. The maximum atomic E-state index is 14.0. The van der Waals surface area contributed by atoms with Crippen LogP contribution in [-0.4, -0.2) is 52.5 Å². The molecule has 13 heteroatoms. The summed E-state index contributed by atoms with van der Waals surface area (Å²) >= 11 is 14.7. The smallest absolute Gasteiger partial charge is 0.253 e. The molecule has 1 unspecified atom stereocenters. The second-order valence-electron chi connectivity index (χ2n) is 8.03. The van der Waals surface area contributed by atoms with E-state index < -0.39 is 16.1 Å². The van der Waals surface area contributed by atoms with Crippen molar-refractivity contribution in [2.45, 2.75) is 36.1 Å². The van der Waals surface area contributed by atoms with E-state index >= 15 is 0 Å². The van der Waals surface area contributed by atoms with Crippen LogP contribution in [0.3, 0.4) is 0 Å². The minimum atomic E-state index is -3.88. The van der Waals surface area contributed by atoms with Crippen molar-refractivity contribution in [3.8, 4) is 0 Å². The zero-order valence-corrected chi connectivity index (χ0v) is 22.3. The fourth-order valence-electron chi connectivity index (χ4n) is 4.13. The minimum Gasteiger partial charge on any atom is -0.285 e. The Kier molecular flexibility index (Phi) is 7.16. The molecule has 0 bridgehead atoms. The fourth-order valence-corrected chi connectivity index (χ4v) is 8.68. The molecule has 1 atom stereocenters. The summed E-state index contributed by atoms with van der Waals surface area (Å²) in [6.07, 6.45) is 5.36. The van der Waals surface area contributed by atoms with Crippen LogP contribution in [0.5, 0.6) is 0 Å². The number of thiophene rings is 1. The van der Waals surface area contributed by atoms with Crippen molar-refractivity contribution in [3.05, 3.63) is 58.2 Å². The monoisotopic (exact) mass is 569 g/mol. The number of para-hydroxylation sites is 1. The van der Waals surface area contributed by atoms with Gasteiger partial charge >= 0.3 is 0 Å². The van der Waals surface area contributed by atoms with Crippen molar-refractivity contribution in [3.63, 3.8) is 0 Å². The molecule has 0 spiro atoms. The van der Waals surface area contributed by atoms with Crippen LogP contribution in [0.15, 0.2) is 53.0 Å². The molecule has 5 rings (SSSR count). The van der Waals surface area contributed by atoms with Crippen LogP contribution in [-0.2, 0) is 21.4 Å².